The van der Waals surface area contributed by atoms with Gasteiger partial charge in [0, 0.05) is 17.5 Å². The van der Waals surface area contributed by atoms with Gasteiger partial charge >= 0.3 is 5.97 Å². The van der Waals surface area contributed by atoms with E-state index in [9.17, 15) is 9.59 Å². The van der Waals surface area contributed by atoms with Gasteiger partial charge in [-0.2, -0.15) is 0 Å². The standard InChI is InChI=1S/C17H16O3/c1-3-16(18)20-15-10-9-14(11-12(15)2)17(19)13-7-5-4-6-8-13/h4-11H,3H2,1-2H3. The highest BCUT2D eigenvalue weighted by atomic mass is 16.5. The Balaban J connectivity index is 2.25. The smallest absolute Gasteiger partial charge is 0.310 e. The Labute approximate surface area is 118 Å². The Hall–Kier alpha value is -2.42. The Kier molecular flexibility index (Phi) is 4.31. The van der Waals surface area contributed by atoms with Gasteiger partial charge in [-0.1, -0.05) is 37.3 Å². The lowest BCUT2D eigenvalue weighted by Crippen LogP contribution is -2.07. The van der Waals surface area contributed by atoms with Crippen molar-refractivity contribution in [3.8, 4) is 5.75 Å². The topological polar surface area (TPSA) is 43.4 Å². The maximum Gasteiger partial charge on any atom is 0.310 e. The van der Waals surface area contributed by atoms with Crippen LogP contribution in [0.25, 0.3) is 0 Å². The molecule has 0 amide bonds. The summed E-state index contributed by atoms with van der Waals surface area (Å²) in [5.41, 5.74) is 2.00. The molecule has 3 heteroatoms. The van der Waals surface area contributed by atoms with Gasteiger partial charge in [0.15, 0.2) is 5.78 Å². The van der Waals surface area contributed by atoms with E-state index in [1.54, 1.807) is 37.3 Å². The lowest BCUT2D eigenvalue weighted by atomic mass is 10.0. The van der Waals surface area contributed by atoms with Gasteiger partial charge in [-0.25, -0.2) is 0 Å². The van der Waals surface area contributed by atoms with E-state index in [0.29, 0.717) is 23.3 Å². The van der Waals surface area contributed by atoms with Crippen molar-refractivity contribution in [1.29, 1.82) is 0 Å². The third-order valence-electron chi connectivity index (χ3n) is 2.99. The van der Waals surface area contributed by atoms with E-state index in [1.807, 2.05) is 25.1 Å². The van der Waals surface area contributed by atoms with Gasteiger partial charge in [0.1, 0.15) is 5.75 Å². The molecule has 102 valence electrons. The molecule has 20 heavy (non-hydrogen) atoms. The first-order valence-corrected chi connectivity index (χ1v) is 6.53. The van der Waals surface area contributed by atoms with Gasteiger partial charge < -0.3 is 4.74 Å². The fraction of sp³-hybridized carbons (Fsp3) is 0.176. The molecule has 0 N–H and O–H groups in total. The number of hydrogen-bond donors (Lipinski definition) is 0. The summed E-state index contributed by atoms with van der Waals surface area (Å²) in [5.74, 6) is 0.179. The van der Waals surface area contributed by atoms with Crippen LogP contribution in [-0.2, 0) is 4.79 Å². The van der Waals surface area contributed by atoms with E-state index < -0.39 is 0 Å². The highest BCUT2D eigenvalue weighted by Crippen LogP contribution is 2.21. The second-order valence-electron chi connectivity index (χ2n) is 4.50. The number of aryl methyl sites for hydroxylation is 1. The van der Waals surface area contributed by atoms with Gasteiger partial charge in [0.05, 0.1) is 0 Å². The number of carbonyl (C=O) groups is 2. The number of ketones is 1. The van der Waals surface area contributed by atoms with Crippen LogP contribution in [0.2, 0.25) is 0 Å². The van der Waals surface area contributed by atoms with Crippen LogP contribution in [0.1, 0.15) is 34.8 Å². The number of rotatable bonds is 4. The monoisotopic (exact) mass is 268 g/mol. The van der Waals surface area contributed by atoms with E-state index in [1.165, 1.54) is 0 Å². The Morgan fingerprint density at radius 3 is 2.30 bits per heavy atom. The summed E-state index contributed by atoms with van der Waals surface area (Å²) in [6.07, 6.45) is 0.324. The van der Waals surface area contributed by atoms with Crippen molar-refractivity contribution >= 4 is 11.8 Å². The zero-order chi connectivity index (χ0) is 14.5. The van der Waals surface area contributed by atoms with Gasteiger partial charge in [-0.15, -0.1) is 0 Å². The molecule has 0 aliphatic carbocycles. The minimum absolute atomic E-state index is 0.0398. The molecular formula is C17H16O3. The summed E-state index contributed by atoms with van der Waals surface area (Å²) in [6.45, 7) is 3.56. The summed E-state index contributed by atoms with van der Waals surface area (Å²) in [5, 5.41) is 0. The van der Waals surface area contributed by atoms with Gasteiger partial charge in [-0.3, -0.25) is 9.59 Å². The summed E-state index contributed by atoms with van der Waals surface area (Å²) >= 11 is 0. The van der Waals surface area contributed by atoms with Crippen molar-refractivity contribution < 1.29 is 14.3 Å². The summed E-state index contributed by atoms with van der Waals surface area (Å²) in [4.78, 5) is 23.6. The van der Waals surface area contributed by atoms with Crippen molar-refractivity contribution in [2.24, 2.45) is 0 Å². The zero-order valence-corrected chi connectivity index (χ0v) is 11.6. The van der Waals surface area contributed by atoms with Crippen LogP contribution in [0, 0.1) is 6.92 Å². The summed E-state index contributed by atoms with van der Waals surface area (Å²) in [6, 6.07) is 14.2. The SMILES string of the molecule is CCC(=O)Oc1ccc(C(=O)c2ccccc2)cc1C. The Bertz CT molecular complexity index is 630. The number of esters is 1. The quantitative estimate of drug-likeness (QED) is 0.484. The predicted octanol–water partition coefficient (Wildman–Crippen LogP) is 3.54. The van der Waals surface area contributed by atoms with Crippen LogP contribution < -0.4 is 4.74 Å². The molecule has 0 fully saturated rings. The number of hydrogen-bond acceptors (Lipinski definition) is 3. The van der Waals surface area contributed by atoms with E-state index in [-0.39, 0.29) is 11.8 Å². The lowest BCUT2D eigenvalue weighted by molar-refractivity contribution is -0.134. The molecule has 0 unspecified atom stereocenters. The fourth-order valence-corrected chi connectivity index (χ4v) is 1.86. The maximum absolute atomic E-state index is 12.3. The second kappa shape index (κ2) is 6.15. The molecule has 0 atom stereocenters. The fourth-order valence-electron chi connectivity index (χ4n) is 1.86. The van der Waals surface area contributed by atoms with Crippen LogP contribution in [0.4, 0.5) is 0 Å². The third-order valence-corrected chi connectivity index (χ3v) is 2.99. The maximum atomic E-state index is 12.3. The minimum atomic E-state index is -0.282. The normalized spacial score (nSPS) is 10.1. The molecule has 3 nitrogen and oxygen atoms in total. The van der Waals surface area contributed by atoms with E-state index in [0.717, 1.165) is 5.56 Å². The lowest BCUT2D eigenvalue weighted by Gasteiger charge is -2.08. The number of benzene rings is 2. The molecule has 2 aromatic rings. The first kappa shape index (κ1) is 14.0. The van der Waals surface area contributed by atoms with Crippen molar-refractivity contribution in [2.45, 2.75) is 20.3 Å². The molecule has 0 radical (unpaired) electrons. The first-order chi connectivity index (χ1) is 9.61. The van der Waals surface area contributed by atoms with Crippen molar-refractivity contribution in [2.75, 3.05) is 0 Å². The summed E-state index contributed by atoms with van der Waals surface area (Å²) < 4.78 is 5.18. The molecule has 2 aromatic carbocycles. The van der Waals surface area contributed by atoms with Crippen LogP contribution >= 0.6 is 0 Å². The summed E-state index contributed by atoms with van der Waals surface area (Å²) in [7, 11) is 0. The van der Waals surface area contributed by atoms with Gasteiger partial charge in [0.2, 0.25) is 0 Å². The molecule has 0 aliphatic heterocycles. The van der Waals surface area contributed by atoms with E-state index in [4.69, 9.17) is 4.74 Å². The molecule has 0 aromatic heterocycles. The van der Waals surface area contributed by atoms with Crippen molar-refractivity contribution in [1.82, 2.24) is 0 Å². The van der Waals surface area contributed by atoms with Crippen LogP contribution in [0.15, 0.2) is 48.5 Å². The molecule has 2 rings (SSSR count). The molecular weight excluding hydrogens is 252 g/mol. The first-order valence-electron chi connectivity index (χ1n) is 6.53. The molecule has 0 heterocycles. The highest BCUT2D eigenvalue weighted by Gasteiger charge is 2.11. The number of ether oxygens (including phenoxy) is 1. The largest absolute Gasteiger partial charge is 0.426 e. The van der Waals surface area contributed by atoms with Crippen LogP contribution in [-0.4, -0.2) is 11.8 Å². The molecule has 0 saturated heterocycles. The highest BCUT2D eigenvalue weighted by molar-refractivity contribution is 6.09. The van der Waals surface area contributed by atoms with Crippen molar-refractivity contribution in [3.63, 3.8) is 0 Å². The third kappa shape index (κ3) is 3.12. The molecule has 0 bridgehead atoms. The van der Waals surface area contributed by atoms with Crippen LogP contribution in [0.5, 0.6) is 5.75 Å². The molecule has 0 aliphatic rings. The minimum Gasteiger partial charge on any atom is -0.426 e. The van der Waals surface area contributed by atoms with E-state index in [2.05, 4.69) is 0 Å². The van der Waals surface area contributed by atoms with Gasteiger partial charge in [0.25, 0.3) is 0 Å². The average molecular weight is 268 g/mol. The Morgan fingerprint density at radius 2 is 1.70 bits per heavy atom. The average Bonchev–Trinajstić information content (AvgIpc) is 2.49. The Morgan fingerprint density at radius 1 is 1.00 bits per heavy atom. The van der Waals surface area contributed by atoms with Crippen LogP contribution in [0.3, 0.4) is 0 Å². The molecule has 0 spiro atoms. The van der Waals surface area contributed by atoms with Crippen molar-refractivity contribution in [3.05, 3.63) is 65.2 Å². The van der Waals surface area contributed by atoms with Gasteiger partial charge in [-0.05, 0) is 30.7 Å². The molecule has 0 saturated carbocycles. The second-order valence-corrected chi connectivity index (χ2v) is 4.50. The predicted molar refractivity (Wildman–Crippen MR) is 77.0 cm³/mol. The van der Waals surface area contributed by atoms with E-state index >= 15 is 0 Å². The zero-order valence-electron chi connectivity index (χ0n) is 11.6. The number of carbonyl (C=O) groups excluding carboxylic acids is 2.